The average Bonchev–Trinajstić information content (AvgIpc) is 3.40. The van der Waals surface area contributed by atoms with Gasteiger partial charge in [0.05, 0.1) is 0 Å². The van der Waals surface area contributed by atoms with Crippen LogP contribution in [0.3, 0.4) is 0 Å². The van der Waals surface area contributed by atoms with E-state index in [4.69, 9.17) is 0 Å². The van der Waals surface area contributed by atoms with E-state index in [9.17, 15) is 9.59 Å². The van der Waals surface area contributed by atoms with Gasteiger partial charge in [0.1, 0.15) is 5.56 Å². The molecule has 0 N–H and O–H groups in total. The van der Waals surface area contributed by atoms with E-state index in [0.29, 0.717) is 30.0 Å². The van der Waals surface area contributed by atoms with Crippen molar-refractivity contribution in [2.24, 2.45) is 5.92 Å². The molecule has 2 saturated heterocycles. The van der Waals surface area contributed by atoms with E-state index in [2.05, 4.69) is 26.6 Å². The van der Waals surface area contributed by atoms with Crippen LogP contribution < -0.4 is 5.56 Å². The first-order valence-electron chi connectivity index (χ1n) is 10.9. The number of hydrogen-bond donors (Lipinski definition) is 0. The van der Waals surface area contributed by atoms with Crippen molar-refractivity contribution in [2.45, 2.75) is 37.9 Å². The maximum absolute atomic E-state index is 13.3. The molecular weight excluding hydrogens is 396 g/mol. The maximum atomic E-state index is 13.3. The summed E-state index contributed by atoms with van der Waals surface area (Å²) < 4.78 is 1.91. The molecule has 2 bridgehead atoms. The molecule has 2 aromatic rings. The third-order valence-electron chi connectivity index (χ3n) is 7.08. The molecule has 3 aliphatic rings. The summed E-state index contributed by atoms with van der Waals surface area (Å²) in [5, 5.41) is 4.36. The Morgan fingerprint density at radius 1 is 1.17 bits per heavy atom. The number of piperidine rings is 1. The normalized spacial score (nSPS) is 26.2. The summed E-state index contributed by atoms with van der Waals surface area (Å²) in [5.41, 5.74) is 2.73. The van der Waals surface area contributed by atoms with Crippen molar-refractivity contribution in [1.82, 2.24) is 19.3 Å². The summed E-state index contributed by atoms with van der Waals surface area (Å²) in [6, 6.07) is 6.41. The fraction of sp³-hybridized carbons (Fsp3) is 0.565. The van der Waals surface area contributed by atoms with Crippen molar-refractivity contribution in [2.75, 3.05) is 40.3 Å². The van der Waals surface area contributed by atoms with Gasteiger partial charge in [-0.25, -0.2) is 0 Å². The lowest BCUT2D eigenvalue weighted by Gasteiger charge is -2.43. The van der Waals surface area contributed by atoms with E-state index in [1.165, 1.54) is 5.56 Å². The molecular formula is C23H30N4O2S. The monoisotopic (exact) mass is 426 g/mol. The van der Waals surface area contributed by atoms with Gasteiger partial charge >= 0.3 is 0 Å². The number of carbonyl (C=O) groups excluding carboxylic acids is 1. The standard InChI is InChI=1S/C23H30N4O2S/c1-24(2)19-5-7-26(14-19)22(28)20-3-4-21-18-9-17(12-27(21)23(20)29)11-25(13-18)10-16-6-8-30-15-16/h3-4,6,8,15,17-19H,5,7,9-14H2,1-2H3/t17-,18+,19-/m0/s1. The summed E-state index contributed by atoms with van der Waals surface area (Å²) in [6.45, 7) is 5.15. The number of nitrogens with zero attached hydrogens (tertiary/aromatic N) is 4. The molecule has 2 fully saturated rings. The van der Waals surface area contributed by atoms with Crippen LogP contribution in [0.25, 0.3) is 0 Å². The number of hydrogen-bond acceptors (Lipinski definition) is 5. The van der Waals surface area contributed by atoms with Crippen molar-refractivity contribution < 1.29 is 4.79 Å². The van der Waals surface area contributed by atoms with Gasteiger partial charge in [-0.05, 0) is 67.4 Å². The van der Waals surface area contributed by atoms with Crippen LogP contribution >= 0.6 is 11.3 Å². The first-order chi connectivity index (χ1) is 14.5. The Morgan fingerprint density at radius 3 is 2.77 bits per heavy atom. The number of fused-ring (bicyclic) bond motifs is 4. The van der Waals surface area contributed by atoms with Crippen LogP contribution in [-0.2, 0) is 13.1 Å². The van der Waals surface area contributed by atoms with Gasteiger partial charge in [-0.15, -0.1) is 0 Å². The highest BCUT2D eigenvalue weighted by molar-refractivity contribution is 7.07. The van der Waals surface area contributed by atoms with Crippen molar-refractivity contribution in [3.63, 3.8) is 0 Å². The van der Waals surface area contributed by atoms with Gasteiger partial charge in [0.25, 0.3) is 11.5 Å². The van der Waals surface area contributed by atoms with Crippen molar-refractivity contribution in [3.8, 4) is 0 Å². The second-order valence-corrected chi connectivity index (χ2v) is 10.1. The minimum absolute atomic E-state index is 0.0909. The van der Waals surface area contributed by atoms with Gasteiger partial charge in [0.2, 0.25) is 0 Å². The van der Waals surface area contributed by atoms with Gasteiger partial charge in [0, 0.05) is 56.9 Å². The third kappa shape index (κ3) is 3.63. The Morgan fingerprint density at radius 2 is 2.03 bits per heavy atom. The van der Waals surface area contributed by atoms with E-state index < -0.39 is 0 Å². The Balaban J connectivity index is 1.36. The van der Waals surface area contributed by atoms with Crippen LogP contribution in [0.5, 0.6) is 0 Å². The molecule has 0 aliphatic carbocycles. The van der Waals surface area contributed by atoms with Gasteiger partial charge < -0.3 is 14.4 Å². The molecule has 0 radical (unpaired) electrons. The lowest BCUT2D eigenvalue weighted by molar-refractivity contribution is 0.0777. The summed E-state index contributed by atoms with van der Waals surface area (Å²) in [7, 11) is 4.10. The minimum Gasteiger partial charge on any atom is -0.337 e. The number of rotatable bonds is 4. The van der Waals surface area contributed by atoms with Crippen molar-refractivity contribution in [1.29, 1.82) is 0 Å². The van der Waals surface area contributed by atoms with Crippen molar-refractivity contribution in [3.05, 3.63) is 56.1 Å². The second kappa shape index (κ2) is 7.94. The quantitative estimate of drug-likeness (QED) is 0.753. The largest absolute Gasteiger partial charge is 0.337 e. The molecule has 0 unspecified atom stereocenters. The number of likely N-dealkylation sites (N-methyl/N-ethyl adjacent to an activating group) is 1. The molecule has 5 rings (SSSR count). The zero-order valence-electron chi connectivity index (χ0n) is 17.8. The highest BCUT2D eigenvalue weighted by Crippen LogP contribution is 2.36. The molecule has 30 heavy (non-hydrogen) atoms. The van der Waals surface area contributed by atoms with Gasteiger partial charge in [0.15, 0.2) is 0 Å². The van der Waals surface area contributed by atoms with Gasteiger partial charge in [-0.2, -0.15) is 11.3 Å². The Labute approximate surface area is 181 Å². The van der Waals surface area contributed by atoms with Crippen LogP contribution in [-0.4, -0.2) is 71.5 Å². The summed E-state index contributed by atoms with van der Waals surface area (Å²) in [6.07, 6.45) is 2.11. The highest BCUT2D eigenvalue weighted by atomic mass is 32.1. The molecule has 6 nitrogen and oxygen atoms in total. The number of aromatic nitrogens is 1. The van der Waals surface area contributed by atoms with Crippen LogP contribution in [0.4, 0.5) is 0 Å². The molecule has 0 aromatic carbocycles. The first kappa shape index (κ1) is 20.0. The summed E-state index contributed by atoms with van der Waals surface area (Å²) in [4.78, 5) is 32.9. The van der Waals surface area contributed by atoms with Crippen LogP contribution in [0.15, 0.2) is 33.8 Å². The Hall–Kier alpha value is -1.96. The lowest BCUT2D eigenvalue weighted by atomic mass is 9.83. The molecule has 1 amide bonds. The molecule has 3 atom stereocenters. The lowest BCUT2D eigenvalue weighted by Crippen LogP contribution is -2.48. The fourth-order valence-corrected chi connectivity index (χ4v) is 6.16. The molecule has 0 saturated carbocycles. The molecule has 5 heterocycles. The van der Waals surface area contributed by atoms with Gasteiger partial charge in [-0.1, -0.05) is 0 Å². The first-order valence-corrected chi connectivity index (χ1v) is 11.9. The number of amides is 1. The van der Waals surface area contributed by atoms with E-state index in [1.54, 1.807) is 17.4 Å². The average molecular weight is 427 g/mol. The van der Waals surface area contributed by atoms with E-state index in [1.807, 2.05) is 29.6 Å². The molecule has 160 valence electrons. The highest BCUT2D eigenvalue weighted by Gasteiger charge is 2.36. The minimum atomic E-state index is -0.102. The van der Waals surface area contributed by atoms with Crippen LogP contribution in [0.2, 0.25) is 0 Å². The zero-order chi connectivity index (χ0) is 20.8. The number of likely N-dealkylation sites (tertiary alicyclic amines) is 2. The SMILES string of the molecule is CN(C)[C@H]1CCN(C(=O)c2ccc3n(c2=O)C[C@H]2C[C@@H]3CN(Cc3ccsc3)C2)C1. The molecule has 0 spiro atoms. The van der Waals surface area contributed by atoms with E-state index >= 15 is 0 Å². The molecule has 3 aliphatic heterocycles. The molecule has 2 aromatic heterocycles. The van der Waals surface area contributed by atoms with Crippen LogP contribution in [0.1, 0.15) is 40.4 Å². The smallest absolute Gasteiger partial charge is 0.263 e. The summed E-state index contributed by atoms with van der Waals surface area (Å²) >= 11 is 1.75. The maximum Gasteiger partial charge on any atom is 0.263 e. The number of carbonyl (C=O) groups is 1. The van der Waals surface area contributed by atoms with E-state index in [-0.39, 0.29) is 11.5 Å². The van der Waals surface area contributed by atoms with E-state index in [0.717, 1.165) is 51.3 Å². The summed E-state index contributed by atoms with van der Waals surface area (Å²) in [5.74, 6) is 0.746. The Kier molecular flexibility index (Phi) is 5.29. The third-order valence-corrected chi connectivity index (χ3v) is 7.81. The molecule has 7 heteroatoms. The second-order valence-electron chi connectivity index (χ2n) is 9.37. The zero-order valence-corrected chi connectivity index (χ0v) is 18.6. The van der Waals surface area contributed by atoms with Crippen LogP contribution in [0, 0.1) is 5.92 Å². The topological polar surface area (TPSA) is 48.8 Å². The van der Waals surface area contributed by atoms with Gasteiger partial charge in [-0.3, -0.25) is 14.5 Å². The van der Waals surface area contributed by atoms with Crippen molar-refractivity contribution >= 4 is 17.2 Å². The number of thiophene rings is 1. The Bertz CT molecular complexity index is 984. The fourth-order valence-electron chi connectivity index (χ4n) is 5.50. The number of pyridine rings is 1. The predicted octanol–water partition coefficient (Wildman–Crippen LogP) is 2.31. The predicted molar refractivity (Wildman–Crippen MR) is 119 cm³/mol.